The number of carbonyl (C=O) groups excluding carboxylic acids is 1. The minimum absolute atomic E-state index is 0.167. The van der Waals surface area contributed by atoms with E-state index in [0.29, 0.717) is 0 Å². The van der Waals surface area contributed by atoms with Crippen LogP contribution >= 0.6 is 0 Å². The summed E-state index contributed by atoms with van der Waals surface area (Å²) in [6.07, 6.45) is 5.89. The van der Waals surface area contributed by atoms with Gasteiger partial charge in [0, 0.05) is 30.6 Å². The molecule has 0 N–H and O–H groups in total. The lowest BCUT2D eigenvalue weighted by atomic mass is 10.1. The monoisotopic (exact) mass is 216 g/mol. The van der Waals surface area contributed by atoms with Crippen LogP contribution in [0.4, 0.5) is 4.39 Å². The molecule has 2 aromatic rings. The fourth-order valence-electron chi connectivity index (χ4n) is 1.35. The Balaban J connectivity index is 2.15. The number of hydrogen-bond acceptors (Lipinski definition) is 3. The van der Waals surface area contributed by atoms with Gasteiger partial charge < -0.3 is 0 Å². The maximum Gasteiger partial charge on any atom is 0.168 e. The number of halogens is 1. The third-order valence-electron chi connectivity index (χ3n) is 2.11. The van der Waals surface area contributed by atoms with Crippen molar-refractivity contribution in [2.75, 3.05) is 0 Å². The van der Waals surface area contributed by atoms with E-state index in [1.807, 2.05) is 0 Å². The quantitative estimate of drug-likeness (QED) is 0.737. The van der Waals surface area contributed by atoms with Crippen molar-refractivity contribution in [2.45, 2.75) is 6.42 Å². The third kappa shape index (κ3) is 2.48. The molecule has 0 atom stereocenters. The fraction of sp³-hybridized carbons (Fsp3) is 0.0833. The molecule has 2 heterocycles. The molecule has 2 aromatic heterocycles. The van der Waals surface area contributed by atoms with Gasteiger partial charge in [-0.2, -0.15) is 0 Å². The van der Waals surface area contributed by atoms with Crippen molar-refractivity contribution in [3.05, 3.63) is 59.9 Å². The molecule has 0 aliphatic carbocycles. The summed E-state index contributed by atoms with van der Waals surface area (Å²) in [6, 6.07) is 4.75. The zero-order chi connectivity index (χ0) is 11.4. The van der Waals surface area contributed by atoms with Gasteiger partial charge in [0.05, 0.1) is 6.20 Å². The van der Waals surface area contributed by atoms with Gasteiger partial charge in [0.15, 0.2) is 5.78 Å². The standard InChI is InChI=1S/C12H9FN2O/c13-11-5-10(7-15-8-11)12(16)4-9-2-1-3-14-6-9/h1-3,5-8H,4H2. The number of Topliss-reactive ketones (excluding diaryl/α,β-unsaturated/α-hetero) is 1. The number of carbonyl (C=O) groups is 1. The summed E-state index contributed by atoms with van der Waals surface area (Å²) in [5.74, 6) is -0.669. The van der Waals surface area contributed by atoms with Gasteiger partial charge in [-0.05, 0) is 17.7 Å². The molecule has 0 spiro atoms. The highest BCUT2D eigenvalue weighted by Crippen LogP contribution is 2.06. The van der Waals surface area contributed by atoms with Crippen LogP contribution in [0.2, 0.25) is 0 Å². The van der Waals surface area contributed by atoms with E-state index in [0.717, 1.165) is 11.8 Å². The van der Waals surface area contributed by atoms with E-state index in [1.165, 1.54) is 12.3 Å². The summed E-state index contributed by atoms with van der Waals surface area (Å²) in [6.45, 7) is 0. The molecule has 0 aliphatic rings. The van der Waals surface area contributed by atoms with Crippen LogP contribution in [0.15, 0.2) is 43.0 Å². The predicted octanol–water partition coefficient (Wildman–Crippen LogP) is 2.04. The first-order chi connectivity index (χ1) is 7.75. The van der Waals surface area contributed by atoms with Gasteiger partial charge in [-0.25, -0.2) is 4.39 Å². The second-order valence-electron chi connectivity index (χ2n) is 3.35. The molecule has 0 aliphatic heterocycles. The molecule has 0 saturated carbocycles. The Morgan fingerprint density at radius 1 is 1.25 bits per heavy atom. The van der Waals surface area contributed by atoms with Crippen LogP contribution in [-0.4, -0.2) is 15.8 Å². The van der Waals surface area contributed by atoms with Gasteiger partial charge >= 0.3 is 0 Å². The number of hydrogen-bond donors (Lipinski definition) is 0. The van der Waals surface area contributed by atoms with E-state index < -0.39 is 5.82 Å². The highest BCUT2D eigenvalue weighted by molar-refractivity contribution is 5.97. The lowest BCUT2D eigenvalue weighted by Gasteiger charge is -2.00. The van der Waals surface area contributed by atoms with Crippen molar-refractivity contribution in [3.8, 4) is 0 Å². The van der Waals surface area contributed by atoms with Crippen LogP contribution in [0.25, 0.3) is 0 Å². The molecule has 80 valence electrons. The predicted molar refractivity (Wildman–Crippen MR) is 56.5 cm³/mol. The molecule has 0 aromatic carbocycles. The summed E-state index contributed by atoms with van der Waals surface area (Å²) in [4.78, 5) is 19.3. The molecule has 0 fully saturated rings. The van der Waals surface area contributed by atoms with Gasteiger partial charge in [0.1, 0.15) is 5.82 Å². The Morgan fingerprint density at radius 3 is 2.81 bits per heavy atom. The molecule has 0 amide bonds. The number of rotatable bonds is 3. The van der Waals surface area contributed by atoms with Crippen molar-refractivity contribution in [1.82, 2.24) is 9.97 Å². The van der Waals surface area contributed by atoms with Crippen LogP contribution in [0.3, 0.4) is 0 Å². The SMILES string of the molecule is O=C(Cc1cccnc1)c1cncc(F)c1. The molecule has 2 rings (SSSR count). The lowest BCUT2D eigenvalue weighted by Crippen LogP contribution is -2.04. The maximum absolute atomic E-state index is 12.8. The fourth-order valence-corrected chi connectivity index (χ4v) is 1.35. The molecule has 3 nitrogen and oxygen atoms in total. The number of aromatic nitrogens is 2. The highest BCUT2D eigenvalue weighted by Gasteiger charge is 2.08. The largest absolute Gasteiger partial charge is 0.294 e. The first kappa shape index (κ1) is 10.4. The zero-order valence-corrected chi connectivity index (χ0v) is 8.43. The van der Waals surface area contributed by atoms with Gasteiger partial charge in [0.25, 0.3) is 0 Å². The Kier molecular flexibility index (Phi) is 3.00. The van der Waals surface area contributed by atoms with Crippen LogP contribution in [0.5, 0.6) is 0 Å². The average Bonchev–Trinajstić information content (AvgIpc) is 2.30. The second-order valence-corrected chi connectivity index (χ2v) is 3.35. The Labute approximate surface area is 92.0 Å². The molecule has 0 unspecified atom stereocenters. The van der Waals surface area contributed by atoms with Crippen LogP contribution in [-0.2, 0) is 6.42 Å². The van der Waals surface area contributed by atoms with Gasteiger partial charge in [0.2, 0.25) is 0 Å². The van der Waals surface area contributed by atoms with Crippen molar-refractivity contribution in [2.24, 2.45) is 0 Å². The number of ketones is 1. The minimum Gasteiger partial charge on any atom is -0.294 e. The van der Waals surface area contributed by atoms with Gasteiger partial charge in [-0.15, -0.1) is 0 Å². The lowest BCUT2D eigenvalue weighted by molar-refractivity contribution is 0.0992. The normalized spacial score (nSPS) is 10.1. The Bertz CT molecular complexity index is 499. The van der Waals surface area contributed by atoms with E-state index in [4.69, 9.17) is 0 Å². The molecule has 0 radical (unpaired) electrons. The van der Waals surface area contributed by atoms with E-state index in [1.54, 1.807) is 24.5 Å². The third-order valence-corrected chi connectivity index (χ3v) is 2.11. The molecular weight excluding hydrogens is 207 g/mol. The second kappa shape index (κ2) is 4.61. The first-order valence-corrected chi connectivity index (χ1v) is 4.78. The summed E-state index contributed by atoms with van der Waals surface area (Å²) in [5, 5.41) is 0. The molecule has 4 heteroatoms. The van der Waals surface area contributed by atoms with Crippen LogP contribution in [0, 0.1) is 5.82 Å². The van der Waals surface area contributed by atoms with Gasteiger partial charge in [-0.3, -0.25) is 14.8 Å². The highest BCUT2D eigenvalue weighted by atomic mass is 19.1. The van der Waals surface area contributed by atoms with Crippen molar-refractivity contribution >= 4 is 5.78 Å². The van der Waals surface area contributed by atoms with E-state index in [9.17, 15) is 9.18 Å². The first-order valence-electron chi connectivity index (χ1n) is 4.78. The van der Waals surface area contributed by atoms with E-state index in [-0.39, 0.29) is 17.8 Å². The molecule has 16 heavy (non-hydrogen) atoms. The van der Waals surface area contributed by atoms with Crippen molar-refractivity contribution in [3.63, 3.8) is 0 Å². The zero-order valence-electron chi connectivity index (χ0n) is 8.43. The summed E-state index contributed by atoms with van der Waals surface area (Å²) >= 11 is 0. The van der Waals surface area contributed by atoms with Gasteiger partial charge in [-0.1, -0.05) is 6.07 Å². The molecule has 0 bridgehead atoms. The summed E-state index contributed by atoms with van der Waals surface area (Å²) < 4.78 is 12.8. The van der Waals surface area contributed by atoms with Crippen molar-refractivity contribution in [1.29, 1.82) is 0 Å². The molecule has 0 saturated heterocycles. The number of nitrogens with zero attached hydrogens (tertiary/aromatic N) is 2. The van der Waals surface area contributed by atoms with Crippen LogP contribution in [0.1, 0.15) is 15.9 Å². The summed E-state index contributed by atoms with van der Waals surface area (Å²) in [7, 11) is 0. The Morgan fingerprint density at radius 2 is 2.12 bits per heavy atom. The summed E-state index contributed by atoms with van der Waals surface area (Å²) in [5.41, 5.74) is 1.08. The molecular formula is C12H9FN2O. The topological polar surface area (TPSA) is 42.9 Å². The number of pyridine rings is 2. The van der Waals surface area contributed by atoms with E-state index in [2.05, 4.69) is 9.97 Å². The Hall–Kier alpha value is -2.10. The smallest absolute Gasteiger partial charge is 0.168 e. The minimum atomic E-state index is -0.503. The van der Waals surface area contributed by atoms with Crippen molar-refractivity contribution < 1.29 is 9.18 Å². The van der Waals surface area contributed by atoms with E-state index >= 15 is 0 Å². The maximum atomic E-state index is 12.8. The average molecular weight is 216 g/mol. The van der Waals surface area contributed by atoms with Crippen LogP contribution < -0.4 is 0 Å².